The van der Waals surface area contributed by atoms with Crippen molar-refractivity contribution in [2.24, 2.45) is 11.8 Å². The number of fused-ring (bicyclic) bond motifs is 4. The number of rotatable bonds is 15. The second kappa shape index (κ2) is 20.0. The molecule has 4 fully saturated rings. The van der Waals surface area contributed by atoms with Crippen molar-refractivity contribution in [3.63, 3.8) is 0 Å². The Kier molecular flexibility index (Phi) is 13.4. The van der Waals surface area contributed by atoms with Gasteiger partial charge >= 0.3 is 17.9 Å². The van der Waals surface area contributed by atoms with Gasteiger partial charge in [0.25, 0.3) is 0 Å². The largest absolute Gasteiger partial charge is 0.491 e. The zero-order chi connectivity index (χ0) is 49.4. The molecule has 5 aromatic rings. The van der Waals surface area contributed by atoms with Crippen LogP contribution in [0.5, 0.6) is 11.5 Å². The highest BCUT2D eigenvalue weighted by atomic mass is 127. The number of piperazine rings is 1. The Morgan fingerprint density at radius 1 is 0.761 bits per heavy atom. The first-order chi connectivity index (χ1) is 34.5. The highest BCUT2D eigenvalue weighted by Crippen LogP contribution is 2.65. The Hall–Kier alpha value is -7.09. The lowest BCUT2D eigenvalue weighted by atomic mass is 9.65. The van der Waals surface area contributed by atoms with Gasteiger partial charge in [-0.1, -0.05) is 97.6 Å². The van der Waals surface area contributed by atoms with Crippen LogP contribution in [0.4, 0.5) is 5.69 Å². The van der Waals surface area contributed by atoms with Gasteiger partial charge in [0, 0.05) is 9.26 Å². The number of carbonyl (C=O) groups excluding carboxylic acids is 6. The minimum atomic E-state index is -1.71. The van der Waals surface area contributed by atoms with Gasteiger partial charge in [-0.3, -0.25) is 33.7 Å². The number of aliphatic hydroxyl groups is 1. The second-order valence-corrected chi connectivity index (χ2v) is 19.1. The molecule has 5 heterocycles. The predicted molar refractivity (Wildman–Crippen MR) is 263 cm³/mol. The van der Waals surface area contributed by atoms with E-state index in [1.54, 1.807) is 54.6 Å². The molecule has 5 aliphatic rings. The number of benzene rings is 5. The summed E-state index contributed by atoms with van der Waals surface area (Å²) in [5, 5.41) is 15.0. The van der Waals surface area contributed by atoms with Crippen molar-refractivity contribution in [1.29, 1.82) is 0 Å². The van der Waals surface area contributed by atoms with Crippen LogP contribution in [0.25, 0.3) is 0 Å². The lowest BCUT2D eigenvalue weighted by Gasteiger charge is -2.46. The zero-order valence-corrected chi connectivity index (χ0v) is 40.3. The molecule has 9 atom stereocenters. The number of esters is 3. The fraction of sp³-hybridized carbons (Fsp3) is 0.296. The molecule has 0 unspecified atom stereocenters. The summed E-state index contributed by atoms with van der Waals surface area (Å²) in [5.74, 6) is -4.61. The van der Waals surface area contributed by atoms with Gasteiger partial charge in [0.05, 0.1) is 37.2 Å². The van der Waals surface area contributed by atoms with E-state index in [-0.39, 0.29) is 57.8 Å². The van der Waals surface area contributed by atoms with Crippen LogP contribution < -0.4 is 20.1 Å². The van der Waals surface area contributed by atoms with Crippen LogP contribution in [-0.2, 0) is 48.4 Å². The maximum atomic E-state index is 15.2. The lowest BCUT2D eigenvalue weighted by Crippen LogP contribution is -2.56. The average Bonchev–Trinajstić information content (AvgIpc) is 4.05. The number of amides is 3. The Morgan fingerprint density at radius 3 is 2.21 bits per heavy atom. The molecule has 3 amide bonds. The normalized spacial score (nSPS) is 26.4. The molecule has 4 saturated heterocycles. The summed E-state index contributed by atoms with van der Waals surface area (Å²) < 4.78 is 30.6. The van der Waals surface area contributed by atoms with Gasteiger partial charge in [0.2, 0.25) is 17.7 Å². The maximum Gasteiger partial charge on any atom is 0.325 e. The third kappa shape index (κ3) is 8.48. The monoisotopic (exact) mass is 1070 g/mol. The van der Waals surface area contributed by atoms with Gasteiger partial charge in [-0.25, -0.2) is 0 Å². The number of hydrogen-bond acceptors (Lipinski definition) is 13. The number of ether oxygens (including phenoxy) is 5. The highest BCUT2D eigenvalue weighted by molar-refractivity contribution is 14.1. The first-order valence-corrected chi connectivity index (χ1v) is 24.4. The Labute approximate surface area is 422 Å². The van der Waals surface area contributed by atoms with Crippen LogP contribution in [0.3, 0.4) is 0 Å². The van der Waals surface area contributed by atoms with Gasteiger partial charge in [-0.2, -0.15) is 0 Å². The van der Waals surface area contributed by atoms with Gasteiger partial charge in [0.15, 0.2) is 0 Å². The minimum absolute atomic E-state index is 0.0507. The van der Waals surface area contributed by atoms with Crippen molar-refractivity contribution in [3.8, 4) is 11.5 Å². The molecule has 0 radical (unpaired) electrons. The number of carbonyl (C=O) groups is 6. The molecule has 71 heavy (non-hydrogen) atoms. The van der Waals surface area contributed by atoms with Crippen molar-refractivity contribution in [2.45, 2.75) is 48.1 Å². The molecule has 5 aliphatic heterocycles. The Bertz CT molecular complexity index is 2890. The SMILES string of the molecule is C=CCOC(=O)[C@@H]1[C@H]2C(=O)O[C@H](c3ccccc3)[C@H](c3ccccc3)N2[C@H](c2ccc(OCCOC(=O)[C@@H]3C[C@@H]4C(=O)NCC(=O)N4[C@@H]3c3cccc(OCCO)c3)cc2)[C@@]12C(=O)Nc1ccc(I)cc12. The summed E-state index contributed by atoms with van der Waals surface area (Å²) in [7, 11) is 0. The number of hydrogen-bond donors (Lipinski definition) is 3. The molecule has 0 aliphatic carbocycles. The summed E-state index contributed by atoms with van der Waals surface area (Å²) in [6.07, 6.45) is 0.645. The van der Waals surface area contributed by atoms with E-state index < -0.39 is 77.4 Å². The summed E-state index contributed by atoms with van der Waals surface area (Å²) >= 11 is 2.18. The Morgan fingerprint density at radius 2 is 1.48 bits per heavy atom. The quantitative estimate of drug-likeness (QED) is 0.0381. The number of aliphatic hydroxyl groups excluding tert-OH is 1. The van der Waals surface area contributed by atoms with Crippen LogP contribution in [0.2, 0.25) is 0 Å². The number of nitrogens with zero attached hydrogens (tertiary/aromatic N) is 2. The van der Waals surface area contributed by atoms with E-state index in [2.05, 4.69) is 39.8 Å². The van der Waals surface area contributed by atoms with E-state index in [9.17, 15) is 29.1 Å². The molecule has 1 spiro atoms. The smallest absolute Gasteiger partial charge is 0.325 e. The van der Waals surface area contributed by atoms with E-state index in [0.29, 0.717) is 33.9 Å². The number of cyclic esters (lactones) is 1. The fourth-order valence-corrected chi connectivity index (χ4v) is 11.8. The van der Waals surface area contributed by atoms with Crippen molar-refractivity contribution in [3.05, 3.63) is 171 Å². The second-order valence-electron chi connectivity index (χ2n) is 17.9. The highest BCUT2D eigenvalue weighted by Gasteiger charge is 2.74. The summed E-state index contributed by atoms with van der Waals surface area (Å²) in [6, 6.07) is 33.8. The first kappa shape index (κ1) is 47.6. The molecule has 10 rings (SSSR count). The number of morpholine rings is 1. The molecule has 0 aromatic heterocycles. The van der Waals surface area contributed by atoms with Crippen LogP contribution in [0.15, 0.2) is 140 Å². The number of anilines is 1. The van der Waals surface area contributed by atoms with E-state index in [1.807, 2.05) is 77.7 Å². The van der Waals surface area contributed by atoms with Gasteiger partial charge in [0.1, 0.15) is 67.4 Å². The molecule has 16 nitrogen and oxygen atoms in total. The van der Waals surface area contributed by atoms with Crippen molar-refractivity contribution in [2.75, 3.05) is 44.9 Å². The molecular formula is C54H49IN4O12. The van der Waals surface area contributed by atoms with E-state index in [1.165, 1.54) is 11.0 Å². The predicted octanol–water partition coefficient (Wildman–Crippen LogP) is 5.67. The topological polar surface area (TPSA) is 199 Å². The number of halogens is 1. The Balaban J connectivity index is 0.968. The molecule has 3 N–H and O–H groups in total. The van der Waals surface area contributed by atoms with E-state index >= 15 is 4.79 Å². The van der Waals surface area contributed by atoms with Crippen LogP contribution >= 0.6 is 22.6 Å². The van der Waals surface area contributed by atoms with E-state index in [0.717, 1.165) is 14.7 Å². The van der Waals surface area contributed by atoms with Gasteiger partial charge < -0.3 is 44.3 Å². The third-order valence-electron chi connectivity index (χ3n) is 14.0. The molecule has 364 valence electrons. The van der Waals surface area contributed by atoms with Crippen molar-refractivity contribution in [1.82, 2.24) is 15.1 Å². The van der Waals surface area contributed by atoms with Crippen molar-refractivity contribution < 1.29 is 57.6 Å². The number of nitrogens with one attached hydrogen (secondary N) is 2. The van der Waals surface area contributed by atoms with Gasteiger partial charge in [-0.15, -0.1) is 0 Å². The maximum absolute atomic E-state index is 15.2. The van der Waals surface area contributed by atoms with Crippen molar-refractivity contribution >= 4 is 63.9 Å². The fourth-order valence-electron chi connectivity index (χ4n) is 11.3. The standard InChI is InChI=1S/C54H49IN4O12/c1-2-23-69-51(64)43-46-52(65)71-47(32-12-7-4-8-13-32)45(31-10-5-3-6-11-31)59(46)48(54(43)39-28-35(55)18-21-40(39)57-53(54)66)33-16-19-36(20-17-33)68-25-26-70-50(63)38-29-41-49(62)56-30-42(61)58(41)44(38)34-14-9-15-37(27-34)67-24-22-60/h2-21,27-28,38,41,43-48,60H,1,22-26,29-30H2,(H,56,62)(H,57,66)/t38-,41-,43+,44-,45+,46+,47-,48-,54+/m1/s1. The summed E-state index contributed by atoms with van der Waals surface area (Å²) in [6.45, 7) is 3.01. The third-order valence-corrected chi connectivity index (χ3v) is 14.7. The van der Waals surface area contributed by atoms with Crippen LogP contribution in [0.1, 0.15) is 58.5 Å². The van der Waals surface area contributed by atoms with Crippen LogP contribution in [-0.4, -0.2) is 102 Å². The summed E-state index contributed by atoms with van der Waals surface area (Å²) in [5.41, 5.74) is 2.05. The molecule has 0 saturated carbocycles. The molecule has 0 bridgehead atoms. The van der Waals surface area contributed by atoms with Crippen LogP contribution in [0, 0.1) is 15.4 Å². The summed E-state index contributed by atoms with van der Waals surface area (Å²) in [4.78, 5) is 88.4. The minimum Gasteiger partial charge on any atom is -0.491 e. The van der Waals surface area contributed by atoms with Gasteiger partial charge in [-0.05, 0) is 99.3 Å². The first-order valence-electron chi connectivity index (χ1n) is 23.3. The van der Waals surface area contributed by atoms with E-state index in [4.69, 9.17) is 23.7 Å². The average molecular weight is 1070 g/mol. The molecule has 5 aromatic carbocycles. The molecular weight excluding hydrogens is 1020 g/mol. The zero-order valence-electron chi connectivity index (χ0n) is 38.2. The lowest BCUT2D eigenvalue weighted by molar-refractivity contribution is -0.180. The molecule has 17 heteroatoms.